The van der Waals surface area contributed by atoms with Crippen molar-refractivity contribution in [2.45, 2.75) is 40.5 Å². The minimum absolute atomic E-state index is 0.0195. The van der Waals surface area contributed by atoms with Gasteiger partial charge in [0.15, 0.2) is 0 Å². The van der Waals surface area contributed by atoms with Crippen LogP contribution in [0.2, 0.25) is 0 Å². The first-order chi connectivity index (χ1) is 9.42. The van der Waals surface area contributed by atoms with Gasteiger partial charge in [-0.2, -0.15) is 0 Å². The summed E-state index contributed by atoms with van der Waals surface area (Å²) in [7, 11) is 0. The van der Waals surface area contributed by atoms with Gasteiger partial charge in [-0.1, -0.05) is 13.0 Å². The fourth-order valence-electron chi connectivity index (χ4n) is 2.20. The van der Waals surface area contributed by atoms with Crippen LogP contribution in [-0.2, 0) is 9.59 Å². The second kappa shape index (κ2) is 7.68. The predicted molar refractivity (Wildman–Crippen MR) is 81.7 cm³/mol. The summed E-state index contributed by atoms with van der Waals surface area (Å²) in [5, 5.41) is 2.88. The third-order valence-electron chi connectivity index (χ3n) is 3.05. The Morgan fingerprint density at radius 3 is 2.20 bits per heavy atom. The van der Waals surface area contributed by atoms with Crippen molar-refractivity contribution in [3.63, 3.8) is 0 Å². The van der Waals surface area contributed by atoms with E-state index in [4.69, 9.17) is 0 Å². The van der Waals surface area contributed by atoms with Gasteiger partial charge in [0, 0.05) is 32.1 Å². The average molecular weight is 276 g/mol. The highest BCUT2D eigenvalue weighted by Gasteiger charge is 2.10. The largest absolute Gasteiger partial charge is 0.342 e. The summed E-state index contributed by atoms with van der Waals surface area (Å²) in [5.74, 6) is -0.0385. The summed E-state index contributed by atoms with van der Waals surface area (Å²) in [6.07, 6.45) is 1.23. The van der Waals surface area contributed by atoms with Crippen molar-refractivity contribution in [3.05, 3.63) is 29.3 Å². The lowest BCUT2D eigenvalue weighted by Crippen LogP contribution is -2.32. The van der Waals surface area contributed by atoms with E-state index in [9.17, 15) is 9.59 Å². The summed E-state index contributed by atoms with van der Waals surface area (Å²) < 4.78 is 0. The summed E-state index contributed by atoms with van der Waals surface area (Å²) in [4.78, 5) is 25.0. The van der Waals surface area contributed by atoms with Gasteiger partial charge < -0.3 is 10.2 Å². The lowest BCUT2D eigenvalue weighted by Gasteiger charge is -2.19. The number of nitrogens with one attached hydrogen (secondary N) is 1. The molecule has 0 radical (unpaired) electrons. The van der Waals surface area contributed by atoms with Crippen LogP contribution in [0.15, 0.2) is 18.2 Å². The standard InChI is InChI=1S/C16H24N2O2/c1-5-7-18(14(4)19)8-6-16(20)17-15-10-12(2)9-13(3)11-15/h9-11H,5-8H2,1-4H3,(H,17,20). The summed E-state index contributed by atoms with van der Waals surface area (Å²) >= 11 is 0. The summed E-state index contributed by atoms with van der Waals surface area (Å²) in [6, 6.07) is 5.95. The fourth-order valence-corrected chi connectivity index (χ4v) is 2.20. The number of hydrogen-bond donors (Lipinski definition) is 1. The Bertz CT molecular complexity index is 463. The molecule has 1 rings (SSSR count). The van der Waals surface area contributed by atoms with Crippen molar-refractivity contribution < 1.29 is 9.59 Å². The summed E-state index contributed by atoms with van der Waals surface area (Å²) in [6.45, 7) is 8.73. The van der Waals surface area contributed by atoms with Crippen LogP contribution in [-0.4, -0.2) is 29.8 Å². The first kappa shape index (κ1) is 16.2. The van der Waals surface area contributed by atoms with Crippen LogP contribution in [0.3, 0.4) is 0 Å². The molecule has 0 bridgehead atoms. The van der Waals surface area contributed by atoms with E-state index in [2.05, 4.69) is 11.4 Å². The molecule has 1 aromatic carbocycles. The minimum Gasteiger partial charge on any atom is -0.342 e. The van der Waals surface area contributed by atoms with E-state index >= 15 is 0 Å². The van der Waals surface area contributed by atoms with Gasteiger partial charge in [-0.05, 0) is 43.5 Å². The van der Waals surface area contributed by atoms with E-state index < -0.39 is 0 Å². The normalized spacial score (nSPS) is 10.2. The second-order valence-electron chi connectivity index (χ2n) is 5.18. The Balaban J connectivity index is 2.52. The zero-order valence-electron chi connectivity index (χ0n) is 12.8. The molecule has 20 heavy (non-hydrogen) atoms. The molecular weight excluding hydrogens is 252 g/mol. The van der Waals surface area contributed by atoms with Crippen LogP contribution in [0.1, 0.15) is 37.8 Å². The number of benzene rings is 1. The highest BCUT2D eigenvalue weighted by atomic mass is 16.2. The first-order valence-corrected chi connectivity index (χ1v) is 7.06. The zero-order valence-corrected chi connectivity index (χ0v) is 12.8. The third-order valence-corrected chi connectivity index (χ3v) is 3.05. The molecule has 0 saturated heterocycles. The number of aryl methyl sites for hydroxylation is 2. The van der Waals surface area contributed by atoms with Crippen LogP contribution in [0.5, 0.6) is 0 Å². The monoisotopic (exact) mass is 276 g/mol. The van der Waals surface area contributed by atoms with Crippen LogP contribution in [0.25, 0.3) is 0 Å². The van der Waals surface area contributed by atoms with Gasteiger partial charge >= 0.3 is 0 Å². The minimum atomic E-state index is -0.0580. The maximum atomic E-state index is 11.9. The maximum absolute atomic E-state index is 11.9. The van der Waals surface area contributed by atoms with Crippen LogP contribution in [0.4, 0.5) is 5.69 Å². The molecule has 0 aliphatic heterocycles. The van der Waals surface area contributed by atoms with Gasteiger partial charge in [-0.25, -0.2) is 0 Å². The molecule has 1 aromatic rings. The molecular formula is C16H24N2O2. The van der Waals surface area contributed by atoms with E-state index in [0.717, 1.165) is 23.2 Å². The smallest absolute Gasteiger partial charge is 0.226 e. The molecule has 0 saturated carbocycles. The number of rotatable bonds is 6. The Hall–Kier alpha value is -1.84. The molecule has 0 unspecified atom stereocenters. The van der Waals surface area contributed by atoms with Gasteiger partial charge in [0.05, 0.1) is 0 Å². The number of carbonyl (C=O) groups excluding carboxylic acids is 2. The lowest BCUT2D eigenvalue weighted by atomic mass is 10.1. The first-order valence-electron chi connectivity index (χ1n) is 7.06. The van der Waals surface area contributed by atoms with E-state index in [1.165, 1.54) is 6.92 Å². The number of hydrogen-bond acceptors (Lipinski definition) is 2. The topological polar surface area (TPSA) is 49.4 Å². The highest BCUT2D eigenvalue weighted by Crippen LogP contribution is 2.14. The summed E-state index contributed by atoms with van der Waals surface area (Å²) in [5.41, 5.74) is 3.06. The number of anilines is 1. The number of nitrogens with zero attached hydrogens (tertiary/aromatic N) is 1. The van der Waals surface area contributed by atoms with Crippen LogP contribution in [0, 0.1) is 13.8 Å². The predicted octanol–water partition coefficient (Wildman–Crippen LogP) is 2.89. The quantitative estimate of drug-likeness (QED) is 0.868. The zero-order chi connectivity index (χ0) is 15.1. The number of carbonyl (C=O) groups is 2. The van der Waals surface area contributed by atoms with Crippen molar-refractivity contribution in [2.24, 2.45) is 0 Å². The SMILES string of the molecule is CCCN(CCC(=O)Nc1cc(C)cc(C)c1)C(C)=O. The molecule has 0 fully saturated rings. The highest BCUT2D eigenvalue weighted by molar-refractivity contribution is 5.91. The maximum Gasteiger partial charge on any atom is 0.226 e. The Labute approximate surface area is 121 Å². The fraction of sp³-hybridized carbons (Fsp3) is 0.500. The Morgan fingerprint density at radius 2 is 1.70 bits per heavy atom. The second-order valence-corrected chi connectivity index (χ2v) is 5.18. The average Bonchev–Trinajstić information content (AvgIpc) is 2.32. The molecule has 2 amide bonds. The Kier molecular flexibility index (Phi) is 6.22. The molecule has 0 aliphatic rings. The van der Waals surface area contributed by atoms with Gasteiger partial charge in [-0.3, -0.25) is 9.59 Å². The van der Waals surface area contributed by atoms with Crippen molar-refractivity contribution in [1.29, 1.82) is 0 Å². The lowest BCUT2D eigenvalue weighted by molar-refractivity contribution is -0.129. The molecule has 0 spiro atoms. The van der Waals surface area contributed by atoms with E-state index in [1.54, 1.807) is 4.90 Å². The van der Waals surface area contributed by atoms with Crippen molar-refractivity contribution in [2.75, 3.05) is 18.4 Å². The van der Waals surface area contributed by atoms with Gasteiger partial charge in [-0.15, -0.1) is 0 Å². The molecule has 4 heteroatoms. The van der Waals surface area contributed by atoms with Gasteiger partial charge in [0.2, 0.25) is 11.8 Å². The third kappa shape index (κ3) is 5.43. The van der Waals surface area contributed by atoms with Crippen LogP contribution < -0.4 is 5.32 Å². The molecule has 0 aliphatic carbocycles. The Morgan fingerprint density at radius 1 is 1.10 bits per heavy atom. The van der Waals surface area contributed by atoms with Crippen LogP contribution >= 0.6 is 0 Å². The van der Waals surface area contributed by atoms with Gasteiger partial charge in [0.1, 0.15) is 0 Å². The molecule has 110 valence electrons. The molecule has 0 atom stereocenters. The van der Waals surface area contributed by atoms with Crippen molar-refractivity contribution in [1.82, 2.24) is 4.90 Å². The van der Waals surface area contributed by atoms with Gasteiger partial charge in [0.25, 0.3) is 0 Å². The molecule has 1 N–H and O–H groups in total. The molecule has 0 heterocycles. The van der Waals surface area contributed by atoms with Crippen molar-refractivity contribution >= 4 is 17.5 Å². The van der Waals surface area contributed by atoms with Crippen molar-refractivity contribution in [3.8, 4) is 0 Å². The molecule has 0 aromatic heterocycles. The van der Waals surface area contributed by atoms with E-state index in [0.29, 0.717) is 19.5 Å². The molecule has 4 nitrogen and oxygen atoms in total. The van der Waals surface area contributed by atoms with E-state index in [1.807, 2.05) is 32.9 Å². The van der Waals surface area contributed by atoms with E-state index in [-0.39, 0.29) is 11.8 Å². The number of amides is 2.